The van der Waals surface area contributed by atoms with Gasteiger partial charge in [-0.25, -0.2) is 4.79 Å². The maximum absolute atomic E-state index is 12.8. The Bertz CT molecular complexity index is 1200. The number of rotatable bonds is 8. The molecule has 4 rings (SSSR count). The van der Waals surface area contributed by atoms with Gasteiger partial charge in [0.15, 0.2) is 12.4 Å². The van der Waals surface area contributed by atoms with Crippen LogP contribution < -0.4 is 5.32 Å². The van der Waals surface area contributed by atoms with Gasteiger partial charge >= 0.3 is 5.97 Å². The number of aryl methyl sites for hydroxylation is 2. The van der Waals surface area contributed by atoms with Crippen LogP contribution in [0, 0.1) is 20.8 Å². The molecule has 3 heterocycles. The van der Waals surface area contributed by atoms with Crippen LogP contribution in [-0.2, 0) is 16.0 Å². The number of carbonyl (C=O) groups is 3. The van der Waals surface area contributed by atoms with E-state index in [-0.39, 0.29) is 29.8 Å². The predicted molar refractivity (Wildman–Crippen MR) is 125 cm³/mol. The first-order chi connectivity index (χ1) is 16.3. The van der Waals surface area contributed by atoms with Crippen LogP contribution in [0.1, 0.15) is 61.1 Å². The summed E-state index contributed by atoms with van der Waals surface area (Å²) in [5.74, 6) is -1.17. The van der Waals surface area contributed by atoms with Gasteiger partial charge in [0, 0.05) is 35.8 Å². The van der Waals surface area contributed by atoms with Gasteiger partial charge in [-0.1, -0.05) is 6.07 Å². The lowest BCUT2D eigenvalue weighted by atomic mass is 10.1. The first-order valence-electron chi connectivity index (χ1n) is 11.3. The number of ether oxygens (including phenoxy) is 2. The van der Waals surface area contributed by atoms with Crippen molar-refractivity contribution in [1.82, 2.24) is 4.57 Å². The molecule has 1 unspecified atom stereocenters. The standard InChI is InChI=1S/C26H28N2O6/c1-16-8-9-19(13-22(16)27-25(30)24-7-5-11-33-24)26(31)34-15-23(29)21-12-17(2)28(18(21)3)14-20-6-4-10-32-20/h5,7-9,11-13,20H,4,6,10,14-15H2,1-3H3,(H,27,30). The molecular weight excluding hydrogens is 436 g/mol. The Hall–Kier alpha value is -3.65. The summed E-state index contributed by atoms with van der Waals surface area (Å²) in [6.45, 7) is 6.77. The second-order valence-electron chi connectivity index (χ2n) is 8.49. The van der Waals surface area contributed by atoms with E-state index in [0.717, 1.165) is 36.4 Å². The van der Waals surface area contributed by atoms with E-state index < -0.39 is 11.9 Å². The normalized spacial score (nSPS) is 15.3. The number of furan rings is 1. The number of hydrogen-bond donors (Lipinski definition) is 1. The van der Waals surface area contributed by atoms with Crippen LogP contribution >= 0.6 is 0 Å². The second kappa shape index (κ2) is 10.1. The molecule has 3 aromatic rings. The summed E-state index contributed by atoms with van der Waals surface area (Å²) >= 11 is 0. The number of nitrogens with zero attached hydrogens (tertiary/aromatic N) is 1. The summed E-state index contributed by atoms with van der Waals surface area (Å²) in [5.41, 5.74) is 3.81. The lowest BCUT2D eigenvalue weighted by molar-refractivity contribution is 0.0474. The van der Waals surface area contributed by atoms with Gasteiger partial charge in [-0.05, 0) is 69.5 Å². The zero-order valence-electron chi connectivity index (χ0n) is 19.6. The van der Waals surface area contributed by atoms with Crippen LogP contribution in [0.15, 0.2) is 47.1 Å². The number of carbonyl (C=O) groups excluding carboxylic acids is 3. The molecule has 34 heavy (non-hydrogen) atoms. The minimum absolute atomic E-state index is 0.162. The maximum atomic E-state index is 12.8. The van der Waals surface area contributed by atoms with E-state index in [2.05, 4.69) is 9.88 Å². The van der Waals surface area contributed by atoms with E-state index in [1.165, 1.54) is 12.3 Å². The molecule has 1 atom stereocenters. The lowest BCUT2D eigenvalue weighted by Gasteiger charge is -2.14. The fraction of sp³-hybridized carbons (Fsp3) is 0.346. The summed E-state index contributed by atoms with van der Waals surface area (Å²) in [4.78, 5) is 37.7. The van der Waals surface area contributed by atoms with Crippen LogP contribution in [0.25, 0.3) is 0 Å². The van der Waals surface area contributed by atoms with Crippen molar-refractivity contribution in [2.45, 2.75) is 46.3 Å². The number of hydrogen-bond acceptors (Lipinski definition) is 6. The zero-order chi connectivity index (χ0) is 24.2. The highest BCUT2D eigenvalue weighted by atomic mass is 16.5. The molecule has 0 aliphatic carbocycles. The number of aromatic nitrogens is 1. The quantitative estimate of drug-likeness (QED) is 0.390. The molecule has 178 valence electrons. The van der Waals surface area contributed by atoms with Crippen molar-refractivity contribution in [2.24, 2.45) is 0 Å². The molecule has 1 amide bonds. The van der Waals surface area contributed by atoms with Crippen molar-refractivity contribution in [1.29, 1.82) is 0 Å². The number of anilines is 1. The Morgan fingerprint density at radius 3 is 2.68 bits per heavy atom. The van der Waals surface area contributed by atoms with Gasteiger partial charge in [-0.3, -0.25) is 9.59 Å². The fourth-order valence-electron chi connectivity index (χ4n) is 4.12. The molecule has 0 saturated carbocycles. The summed E-state index contributed by atoms with van der Waals surface area (Å²) < 4.78 is 18.2. The Labute approximate surface area is 197 Å². The fourth-order valence-corrected chi connectivity index (χ4v) is 4.12. The highest BCUT2D eigenvalue weighted by Gasteiger charge is 2.22. The van der Waals surface area contributed by atoms with Gasteiger partial charge < -0.3 is 23.8 Å². The molecule has 0 spiro atoms. The second-order valence-corrected chi connectivity index (χ2v) is 8.49. The van der Waals surface area contributed by atoms with Crippen LogP contribution in [0.5, 0.6) is 0 Å². The van der Waals surface area contributed by atoms with Gasteiger partial charge in [0.1, 0.15) is 0 Å². The van der Waals surface area contributed by atoms with Crippen LogP contribution in [-0.4, -0.2) is 41.5 Å². The molecule has 1 aliphatic rings. The van der Waals surface area contributed by atoms with Crippen LogP contribution in [0.4, 0.5) is 5.69 Å². The average Bonchev–Trinajstić information content (AvgIpc) is 3.58. The van der Waals surface area contributed by atoms with Gasteiger partial charge in [0.25, 0.3) is 5.91 Å². The number of nitrogens with one attached hydrogen (secondary N) is 1. The molecule has 1 N–H and O–H groups in total. The van der Waals surface area contributed by atoms with E-state index in [0.29, 0.717) is 17.8 Å². The van der Waals surface area contributed by atoms with Crippen molar-refractivity contribution in [3.8, 4) is 0 Å². The van der Waals surface area contributed by atoms with Crippen molar-refractivity contribution in [2.75, 3.05) is 18.5 Å². The minimum Gasteiger partial charge on any atom is -0.459 e. The van der Waals surface area contributed by atoms with E-state index >= 15 is 0 Å². The highest BCUT2D eigenvalue weighted by Crippen LogP contribution is 2.22. The van der Waals surface area contributed by atoms with E-state index in [9.17, 15) is 14.4 Å². The Balaban J connectivity index is 1.40. The third kappa shape index (κ3) is 5.12. The molecular formula is C26H28N2O6. The van der Waals surface area contributed by atoms with Gasteiger partial charge in [0.2, 0.25) is 5.78 Å². The SMILES string of the molecule is Cc1ccc(C(=O)OCC(=O)c2cc(C)n(CC3CCCO3)c2C)cc1NC(=O)c1ccco1. The molecule has 1 aromatic carbocycles. The predicted octanol–water partition coefficient (Wildman–Crippen LogP) is 4.48. The van der Waals surface area contributed by atoms with Gasteiger partial charge in [-0.2, -0.15) is 0 Å². The molecule has 0 bridgehead atoms. The molecule has 1 fully saturated rings. The van der Waals surface area contributed by atoms with Gasteiger partial charge in [-0.15, -0.1) is 0 Å². The van der Waals surface area contributed by atoms with E-state index in [1.54, 1.807) is 24.3 Å². The summed E-state index contributed by atoms with van der Waals surface area (Å²) in [5, 5.41) is 2.72. The topological polar surface area (TPSA) is 99.8 Å². The summed E-state index contributed by atoms with van der Waals surface area (Å²) in [6, 6.07) is 9.82. The minimum atomic E-state index is -0.644. The molecule has 2 aromatic heterocycles. The Morgan fingerprint density at radius 1 is 1.15 bits per heavy atom. The van der Waals surface area contributed by atoms with Crippen molar-refractivity contribution < 1.29 is 28.3 Å². The van der Waals surface area contributed by atoms with Crippen molar-refractivity contribution in [3.05, 3.63) is 76.5 Å². The maximum Gasteiger partial charge on any atom is 0.338 e. The molecule has 1 saturated heterocycles. The number of esters is 1. The van der Waals surface area contributed by atoms with Crippen molar-refractivity contribution >= 4 is 23.3 Å². The number of benzene rings is 1. The summed E-state index contributed by atoms with van der Waals surface area (Å²) in [6.07, 6.45) is 3.64. The first-order valence-corrected chi connectivity index (χ1v) is 11.3. The smallest absolute Gasteiger partial charge is 0.338 e. The third-order valence-corrected chi connectivity index (χ3v) is 6.09. The van der Waals surface area contributed by atoms with Gasteiger partial charge in [0.05, 0.1) is 17.9 Å². The third-order valence-electron chi connectivity index (χ3n) is 6.09. The number of Topliss-reactive ketones (excluding diaryl/α,β-unsaturated/α-hetero) is 1. The number of ketones is 1. The Morgan fingerprint density at radius 2 is 1.97 bits per heavy atom. The lowest BCUT2D eigenvalue weighted by Crippen LogP contribution is -2.18. The highest BCUT2D eigenvalue weighted by molar-refractivity contribution is 6.04. The summed E-state index contributed by atoms with van der Waals surface area (Å²) in [7, 11) is 0. The largest absolute Gasteiger partial charge is 0.459 e. The van der Waals surface area contributed by atoms with E-state index in [1.807, 2.05) is 26.8 Å². The zero-order valence-corrected chi connectivity index (χ0v) is 19.6. The first kappa shape index (κ1) is 23.5. The Kier molecular flexibility index (Phi) is 6.98. The monoisotopic (exact) mass is 464 g/mol. The number of amides is 1. The molecule has 1 aliphatic heterocycles. The molecule has 0 radical (unpaired) electrons. The van der Waals surface area contributed by atoms with Crippen molar-refractivity contribution in [3.63, 3.8) is 0 Å². The average molecular weight is 465 g/mol. The molecule has 8 nitrogen and oxygen atoms in total. The van der Waals surface area contributed by atoms with Crippen LogP contribution in [0.3, 0.4) is 0 Å². The van der Waals surface area contributed by atoms with Crippen LogP contribution in [0.2, 0.25) is 0 Å². The van der Waals surface area contributed by atoms with E-state index in [4.69, 9.17) is 13.9 Å². The molecule has 8 heteroatoms.